The van der Waals surface area contributed by atoms with Gasteiger partial charge < -0.3 is 10.4 Å². The van der Waals surface area contributed by atoms with Crippen molar-refractivity contribution < 1.29 is 14.7 Å². The lowest BCUT2D eigenvalue weighted by Gasteiger charge is -1.93. The van der Waals surface area contributed by atoms with E-state index in [9.17, 15) is 9.59 Å². The normalized spacial score (nSPS) is 10.9. The maximum atomic E-state index is 11.7. The number of nitrogens with one attached hydrogen (secondary N) is 1. The molecule has 0 aliphatic rings. The molecule has 0 amide bonds. The van der Waals surface area contributed by atoms with Gasteiger partial charge in [-0.1, -0.05) is 6.08 Å². The van der Waals surface area contributed by atoms with Gasteiger partial charge in [0, 0.05) is 11.3 Å². The fraction of sp³-hybridized carbons (Fsp3) is 0.385. The van der Waals surface area contributed by atoms with Crippen molar-refractivity contribution in [1.29, 1.82) is 0 Å². The molecular weight excluding hydrogens is 250 g/mol. The second kappa shape index (κ2) is 7.79. The molecular formula is C13H17NO3S. The number of hydrogen-bond donors (Lipinski definition) is 2. The maximum Gasteiger partial charge on any atom is 0.303 e. The fourth-order valence-electron chi connectivity index (χ4n) is 1.36. The van der Waals surface area contributed by atoms with Gasteiger partial charge in [-0.15, -0.1) is 11.3 Å². The van der Waals surface area contributed by atoms with Crippen LogP contribution in [0.5, 0.6) is 0 Å². The number of ketones is 1. The topological polar surface area (TPSA) is 66.4 Å². The summed E-state index contributed by atoms with van der Waals surface area (Å²) in [6, 6.07) is 3.64. The quantitative estimate of drug-likeness (QED) is 0.561. The Balaban J connectivity index is 2.49. The van der Waals surface area contributed by atoms with Crippen LogP contribution in [0.25, 0.3) is 6.08 Å². The molecule has 2 N–H and O–H groups in total. The Morgan fingerprint density at radius 1 is 1.39 bits per heavy atom. The summed E-state index contributed by atoms with van der Waals surface area (Å²) in [4.78, 5) is 23.7. The molecule has 0 aliphatic carbocycles. The third-order valence-corrected chi connectivity index (χ3v) is 3.40. The van der Waals surface area contributed by atoms with Crippen LogP contribution in [-0.4, -0.2) is 30.5 Å². The summed E-state index contributed by atoms with van der Waals surface area (Å²) in [5.41, 5.74) is 0. The Labute approximate surface area is 110 Å². The summed E-state index contributed by atoms with van der Waals surface area (Å²) in [5.74, 6) is -1.04. The van der Waals surface area contributed by atoms with Gasteiger partial charge in [0.1, 0.15) is 0 Å². The van der Waals surface area contributed by atoms with Gasteiger partial charge in [0.2, 0.25) is 0 Å². The molecule has 1 aromatic heterocycles. The van der Waals surface area contributed by atoms with Crippen molar-refractivity contribution in [1.82, 2.24) is 5.32 Å². The fourth-order valence-corrected chi connectivity index (χ4v) is 2.27. The standard InChI is InChI=1S/C13H17NO3S/c1-14-9-3-2-4-10-5-7-12(18-10)11(15)6-8-13(16)17/h2,4-5,7,14H,3,6,8-9H2,1H3,(H,16,17). The van der Waals surface area contributed by atoms with E-state index >= 15 is 0 Å². The van der Waals surface area contributed by atoms with E-state index in [0.29, 0.717) is 4.88 Å². The van der Waals surface area contributed by atoms with Gasteiger partial charge in [0.05, 0.1) is 11.3 Å². The zero-order valence-corrected chi connectivity index (χ0v) is 11.1. The van der Waals surface area contributed by atoms with Crippen molar-refractivity contribution in [2.24, 2.45) is 0 Å². The second-order valence-electron chi connectivity index (χ2n) is 3.81. The maximum absolute atomic E-state index is 11.7. The number of carboxylic acid groups (broad SMARTS) is 1. The summed E-state index contributed by atoms with van der Waals surface area (Å²) in [6.45, 7) is 0.923. The van der Waals surface area contributed by atoms with E-state index in [4.69, 9.17) is 5.11 Å². The molecule has 0 aliphatic heterocycles. The summed E-state index contributed by atoms with van der Waals surface area (Å²) >= 11 is 1.40. The molecule has 4 nitrogen and oxygen atoms in total. The minimum atomic E-state index is -0.938. The van der Waals surface area contributed by atoms with E-state index in [1.54, 1.807) is 6.07 Å². The molecule has 5 heteroatoms. The first-order chi connectivity index (χ1) is 8.63. The van der Waals surface area contributed by atoms with Crippen LogP contribution in [0.15, 0.2) is 18.2 Å². The Kier molecular flexibility index (Phi) is 6.32. The van der Waals surface area contributed by atoms with Crippen molar-refractivity contribution >= 4 is 29.2 Å². The van der Waals surface area contributed by atoms with Crippen LogP contribution >= 0.6 is 11.3 Å². The average Bonchev–Trinajstić information content (AvgIpc) is 2.80. The molecule has 1 heterocycles. The second-order valence-corrected chi connectivity index (χ2v) is 4.93. The Bertz CT molecular complexity index is 437. The lowest BCUT2D eigenvalue weighted by molar-refractivity contribution is -0.136. The molecule has 98 valence electrons. The highest BCUT2D eigenvalue weighted by Crippen LogP contribution is 2.20. The molecule has 0 spiro atoms. The van der Waals surface area contributed by atoms with Gasteiger partial charge in [0.25, 0.3) is 0 Å². The predicted octanol–water partition coefficient (Wildman–Crippen LogP) is 2.42. The number of thiophene rings is 1. The molecule has 0 radical (unpaired) electrons. The minimum absolute atomic E-state index is 0.0682. The smallest absolute Gasteiger partial charge is 0.303 e. The third kappa shape index (κ3) is 5.25. The van der Waals surface area contributed by atoms with Crippen LogP contribution < -0.4 is 5.32 Å². The zero-order valence-electron chi connectivity index (χ0n) is 10.3. The first-order valence-corrected chi connectivity index (χ1v) is 6.61. The highest BCUT2D eigenvalue weighted by molar-refractivity contribution is 7.14. The number of carboxylic acids is 1. The van der Waals surface area contributed by atoms with Gasteiger partial charge in [-0.05, 0) is 38.2 Å². The van der Waals surface area contributed by atoms with Gasteiger partial charge in [-0.2, -0.15) is 0 Å². The molecule has 0 saturated heterocycles. The zero-order chi connectivity index (χ0) is 13.4. The highest BCUT2D eigenvalue weighted by atomic mass is 32.1. The van der Waals surface area contributed by atoms with Crippen molar-refractivity contribution in [3.8, 4) is 0 Å². The van der Waals surface area contributed by atoms with E-state index < -0.39 is 5.97 Å². The van der Waals surface area contributed by atoms with Crippen molar-refractivity contribution in [2.75, 3.05) is 13.6 Å². The number of carbonyl (C=O) groups excluding carboxylic acids is 1. The molecule has 0 aromatic carbocycles. The monoisotopic (exact) mass is 267 g/mol. The first kappa shape index (κ1) is 14.6. The Morgan fingerprint density at radius 2 is 2.17 bits per heavy atom. The molecule has 0 saturated carbocycles. The summed E-state index contributed by atoms with van der Waals surface area (Å²) in [6.07, 6.45) is 4.93. The predicted molar refractivity (Wildman–Crippen MR) is 73.1 cm³/mol. The minimum Gasteiger partial charge on any atom is -0.481 e. The molecule has 0 fully saturated rings. The first-order valence-electron chi connectivity index (χ1n) is 5.79. The molecule has 1 aromatic rings. The lowest BCUT2D eigenvalue weighted by atomic mass is 10.2. The van der Waals surface area contributed by atoms with E-state index in [2.05, 4.69) is 5.32 Å². The van der Waals surface area contributed by atoms with Gasteiger partial charge in [-0.25, -0.2) is 0 Å². The van der Waals surface area contributed by atoms with Crippen LogP contribution in [0, 0.1) is 0 Å². The Hall–Kier alpha value is -1.46. The van der Waals surface area contributed by atoms with Crippen LogP contribution in [0.1, 0.15) is 33.8 Å². The largest absolute Gasteiger partial charge is 0.481 e. The number of hydrogen-bond acceptors (Lipinski definition) is 4. The number of Topliss-reactive ketones (excluding diaryl/α,β-unsaturated/α-hetero) is 1. The van der Waals surface area contributed by atoms with Crippen LogP contribution in [0.4, 0.5) is 0 Å². The van der Waals surface area contributed by atoms with Gasteiger partial charge in [-0.3, -0.25) is 9.59 Å². The van der Waals surface area contributed by atoms with Crippen molar-refractivity contribution in [3.63, 3.8) is 0 Å². The van der Waals surface area contributed by atoms with Gasteiger partial charge >= 0.3 is 5.97 Å². The van der Waals surface area contributed by atoms with Crippen LogP contribution in [-0.2, 0) is 4.79 Å². The molecule has 1 rings (SSSR count). The summed E-state index contributed by atoms with van der Waals surface area (Å²) in [5, 5.41) is 11.6. The number of carbonyl (C=O) groups is 2. The van der Waals surface area contributed by atoms with Crippen molar-refractivity contribution in [2.45, 2.75) is 19.3 Å². The Morgan fingerprint density at radius 3 is 2.83 bits per heavy atom. The van der Waals surface area contributed by atoms with Crippen LogP contribution in [0.3, 0.4) is 0 Å². The molecule has 18 heavy (non-hydrogen) atoms. The number of rotatable bonds is 8. The third-order valence-electron chi connectivity index (χ3n) is 2.31. The summed E-state index contributed by atoms with van der Waals surface area (Å²) in [7, 11) is 1.90. The number of aliphatic carboxylic acids is 1. The van der Waals surface area contributed by atoms with Crippen molar-refractivity contribution in [3.05, 3.63) is 28.0 Å². The summed E-state index contributed by atoms with van der Waals surface area (Å²) < 4.78 is 0. The molecule has 0 atom stereocenters. The average molecular weight is 267 g/mol. The van der Waals surface area contributed by atoms with E-state index in [-0.39, 0.29) is 18.6 Å². The SMILES string of the molecule is CNCCC=Cc1ccc(C(=O)CCC(=O)O)s1. The van der Waals surface area contributed by atoms with Gasteiger partial charge in [0.15, 0.2) is 5.78 Å². The lowest BCUT2D eigenvalue weighted by Crippen LogP contribution is -2.05. The van der Waals surface area contributed by atoms with E-state index in [0.717, 1.165) is 17.8 Å². The molecule has 0 bridgehead atoms. The van der Waals surface area contributed by atoms with E-state index in [1.807, 2.05) is 25.3 Å². The molecule has 0 unspecified atom stereocenters. The van der Waals surface area contributed by atoms with Crippen LogP contribution in [0.2, 0.25) is 0 Å². The highest BCUT2D eigenvalue weighted by Gasteiger charge is 2.10. The van der Waals surface area contributed by atoms with E-state index in [1.165, 1.54) is 11.3 Å².